The summed E-state index contributed by atoms with van der Waals surface area (Å²) in [6.07, 6.45) is 2.48. The van der Waals surface area contributed by atoms with E-state index in [1.165, 1.54) is 29.7 Å². The number of hydrogen-bond donors (Lipinski definition) is 1. The van der Waals surface area contributed by atoms with Crippen molar-refractivity contribution in [2.75, 3.05) is 11.9 Å². The molecule has 0 unspecified atom stereocenters. The highest BCUT2D eigenvalue weighted by atomic mass is 14.9. The van der Waals surface area contributed by atoms with Gasteiger partial charge in [0.2, 0.25) is 0 Å². The van der Waals surface area contributed by atoms with Gasteiger partial charge in [0, 0.05) is 12.2 Å². The fraction of sp³-hybridized carbons (Fsp3) is 0.625. The maximum absolute atomic E-state index is 3.56. The van der Waals surface area contributed by atoms with Gasteiger partial charge in [0.25, 0.3) is 0 Å². The summed E-state index contributed by atoms with van der Waals surface area (Å²) in [4.78, 5) is 0. The monoisotopic (exact) mass is 233 g/mol. The summed E-state index contributed by atoms with van der Waals surface area (Å²) in [5, 5.41) is 3.56. The molecule has 0 aliphatic heterocycles. The average molecular weight is 233 g/mol. The Labute approximate surface area is 107 Å². The van der Waals surface area contributed by atoms with Crippen LogP contribution >= 0.6 is 0 Å². The van der Waals surface area contributed by atoms with Gasteiger partial charge in [-0.2, -0.15) is 0 Å². The van der Waals surface area contributed by atoms with Crippen molar-refractivity contribution in [2.24, 2.45) is 0 Å². The van der Waals surface area contributed by atoms with Crippen molar-refractivity contribution in [3.8, 4) is 0 Å². The lowest BCUT2D eigenvalue weighted by Crippen LogP contribution is -2.05. The Balaban J connectivity index is 2.88. The van der Waals surface area contributed by atoms with Crippen LogP contribution in [0.1, 0.15) is 70.4 Å². The molecule has 1 heteroatoms. The van der Waals surface area contributed by atoms with Crippen LogP contribution in [0.15, 0.2) is 18.2 Å². The van der Waals surface area contributed by atoms with Crippen molar-refractivity contribution < 1.29 is 0 Å². The maximum Gasteiger partial charge on any atom is 0.0375 e. The summed E-state index contributed by atoms with van der Waals surface area (Å²) in [6, 6.07) is 6.87. The number of hydrogen-bond acceptors (Lipinski definition) is 1. The largest absolute Gasteiger partial charge is 0.385 e. The molecule has 96 valence electrons. The van der Waals surface area contributed by atoms with Crippen LogP contribution in [0, 0.1) is 0 Å². The first-order valence-corrected chi connectivity index (χ1v) is 6.94. The Morgan fingerprint density at radius 2 is 1.76 bits per heavy atom. The van der Waals surface area contributed by atoms with Crippen LogP contribution in [0.5, 0.6) is 0 Å². The van der Waals surface area contributed by atoms with Crippen molar-refractivity contribution in [3.05, 3.63) is 29.3 Å². The fourth-order valence-corrected chi connectivity index (χ4v) is 1.98. The smallest absolute Gasteiger partial charge is 0.0375 e. The first-order valence-electron chi connectivity index (χ1n) is 6.94. The highest BCUT2D eigenvalue weighted by Crippen LogP contribution is 2.28. The highest BCUT2D eigenvalue weighted by molar-refractivity contribution is 5.54. The number of anilines is 1. The quantitative estimate of drug-likeness (QED) is 0.670. The minimum absolute atomic E-state index is 0.581. The average Bonchev–Trinajstić information content (AvgIpc) is 2.29. The molecule has 0 atom stereocenters. The minimum atomic E-state index is 0.581. The van der Waals surface area contributed by atoms with Crippen LogP contribution in [-0.4, -0.2) is 6.54 Å². The van der Waals surface area contributed by atoms with E-state index in [0.29, 0.717) is 11.8 Å². The summed E-state index contributed by atoms with van der Waals surface area (Å²) < 4.78 is 0. The zero-order chi connectivity index (χ0) is 12.8. The predicted octanol–water partition coefficient (Wildman–Crippen LogP) is 5.15. The van der Waals surface area contributed by atoms with Gasteiger partial charge >= 0.3 is 0 Å². The molecule has 0 spiro atoms. The van der Waals surface area contributed by atoms with Gasteiger partial charge < -0.3 is 5.32 Å². The zero-order valence-corrected chi connectivity index (χ0v) is 12.0. The zero-order valence-electron chi connectivity index (χ0n) is 12.0. The van der Waals surface area contributed by atoms with Gasteiger partial charge in [-0.05, 0) is 35.4 Å². The lowest BCUT2D eigenvalue weighted by molar-refractivity contribution is 0.816. The molecular weight excluding hydrogens is 206 g/mol. The SMILES string of the molecule is CCCCNc1ccc(C(C)C)cc1C(C)C. The maximum atomic E-state index is 3.56. The van der Waals surface area contributed by atoms with Crippen molar-refractivity contribution in [2.45, 2.75) is 59.3 Å². The van der Waals surface area contributed by atoms with Crippen molar-refractivity contribution in [1.82, 2.24) is 0 Å². The van der Waals surface area contributed by atoms with Crippen molar-refractivity contribution in [3.63, 3.8) is 0 Å². The Kier molecular flexibility index (Phi) is 5.54. The molecule has 0 aliphatic carbocycles. The molecule has 0 saturated carbocycles. The van der Waals surface area contributed by atoms with Crippen molar-refractivity contribution >= 4 is 5.69 Å². The standard InChI is InChI=1S/C16H27N/c1-6-7-10-17-16-9-8-14(12(2)3)11-15(16)13(4)5/h8-9,11-13,17H,6-7,10H2,1-5H3. The number of unbranched alkanes of at least 4 members (excludes halogenated alkanes) is 1. The summed E-state index contributed by atoms with van der Waals surface area (Å²) in [5.41, 5.74) is 4.21. The Bertz CT molecular complexity index is 339. The van der Waals surface area contributed by atoms with Gasteiger partial charge in [-0.1, -0.05) is 53.2 Å². The second-order valence-electron chi connectivity index (χ2n) is 5.44. The topological polar surface area (TPSA) is 12.0 Å². The lowest BCUT2D eigenvalue weighted by Gasteiger charge is -2.17. The molecule has 0 radical (unpaired) electrons. The molecule has 1 aromatic rings. The molecule has 1 N–H and O–H groups in total. The van der Waals surface area contributed by atoms with E-state index in [0.717, 1.165) is 6.54 Å². The van der Waals surface area contributed by atoms with Crippen LogP contribution in [0.3, 0.4) is 0 Å². The Morgan fingerprint density at radius 1 is 1.06 bits per heavy atom. The Morgan fingerprint density at radius 3 is 2.29 bits per heavy atom. The first-order chi connectivity index (χ1) is 8.06. The van der Waals surface area contributed by atoms with E-state index in [1.807, 2.05) is 0 Å². The van der Waals surface area contributed by atoms with E-state index >= 15 is 0 Å². The van der Waals surface area contributed by atoms with Gasteiger partial charge in [-0.25, -0.2) is 0 Å². The number of nitrogens with one attached hydrogen (secondary N) is 1. The molecule has 0 amide bonds. The van der Waals surface area contributed by atoms with Crippen LogP contribution in [0.2, 0.25) is 0 Å². The fourth-order valence-electron chi connectivity index (χ4n) is 1.98. The molecule has 0 aromatic heterocycles. The highest BCUT2D eigenvalue weighted by Gasteiger charge is 2.09. The van der Waals surface area contributed by atoms with Gasteiger partial charge in [0.1, 0.15) is 0 Å². The van der Waals surface area contributed by atoms with E-state index in [2.05, 4.69) is 58.1 Å². The molecule has 0 fully saturated rings. The van der Waals surface area contributed by atoms with E-state index < -0.39 is 0 Å². The molecular formula is C16H27N. The van der Waals surface area contributed by atoms with E-state index in [-0.39, 0.29) is 0 Å². The van der Waals surface area contributed by atoms with Gasteiger partial charge in [0.05, 0.1) is 0 Å². The molecule has 0 heterocycles. The van der Waals surface area contributed by atoms with E-state index in [9.17, 15) is 0 Å². The number of benzene rings is 1. The van der Waals surface area contributed by atoms with Gasteiger partial charge in [0.15, 0.2) is 0 Å². The molecule has 1 rings (SSSR count). The molecule has 17 heavy (non-hydrogen) atoms. The second-order valence-corrected chi connectivity index (χ2v) is 5.44. The Hall–Kier alpha value is -0.980. The summed E-state index contributed by atoms with van der Waals surface area (Å²) in [5.74, 6) is 1.19. The van der Waals surface area contributed by atoms with E-state index in [1.54, 1.807) is 0 Å². The van der Waals surface area contributed by atoms with Gasteiger partial charge in [-0.3, -0.25) is 0 Å². The van der Waals surface area contributed by atoms with Gasteiger partial charge in [-0.15, -0.1) is 0 Å². The summed E-state index contributed by atoms with van der Waals surface area (Å²) in [6.45, 7) is 12.4. The van der Waals surface area contributed by atoms with Crippen LogP contribution in [0.4, 0.5) is 5.69 Å². The van der Waals surface area contributed by atoms with E-state index in [4.69, 9.17) is 0 Å². The lowest BCUT2D eigenvalue weighted by atomic mass is 9.94. The molecule has 0 saturated heterocycles. The van der Waals surface area contributed by atoms with Crippen molar-refractivity contribution in [1.29, 1.82) is 0 Å². The normalized spacial score (nSPS) is 11.2. The third-order valence-electron chi connectivity index (χ3n) is 3.21. The molecule has 0 bridgehead atoms. The van der Waals surface area contributed by atoms with Crippen LogP contribution in [0.25, 0.3) is 0 Å². The van der Waals surface area contributed by atoms with Crippen LogP contribution in [-0.2, 0) is 0 Å². The molecule has 0 aliphatic rings. The molecule has 1 aromatic carbocycles. The third-order valence-corrected chi connectivity index (χ3v) is 3.21. The number of rotatable bonds is 6. The predicted molar refractivity (Wildman–Crippen MR) is 78.0 cm³/mol. The minimum Gasteiger partial charge on any atom is -0.385 e. The van der Waals surface area contributed by atoms with Crippen LogP contribution < -0.4 is 5.32 Å². The first kappa shape index (κ1) is 14.1. The molecule has 1 nitrogen and oxygen atoms in total. The second kappa shape index (κ2) is 6.68. The summed E-state index contributed by atoms with van der Waals surface area (Å²) >= 11 is 0. The summed E-state index contributed by atoms with van der Waals surface area (Å²) in [7, 11) is 0. The third kappa shape index (κ3) is 4.07.